The number of H-pyrrole nitrogens is 1. The first-order valence-electron chi connectivity index (χ1n) is 8.37. The third kappa shape index (κ3) is 3.63. The molecule has 1 aromatic heterocycles. The second-order valence-corrected chi connectivity index (χ2v) is 7.72. The van der Waals surface area contributed by atoms with E-state index in [0.29, 0.717) is 31.9 Å². The van der Waals surface area contributed by atoms with Gasteiger partial charge in [0.2, 0.25) is 5.91 Å². The lowest BCUT2D eigenvalue weighted by atomic mass is 9.83. The molecule has 1 aliphatic rings. The Morgan fingerprint density at radius 1 is 1.04 bits per heavy atom. The lowest BCUT2D eigenvalue weighted by Crippen LogP contribution is -2.54. The molecule has 1 fully saturated rings. The van der Waals surface area contributed by atoms with E-state index >= 15 is 0 Å². The van der Waals surface area contributed by atoms with Crippen LogP contribution in [0.1, 0.15) is 29.9 Å². The molecule has 0 radical (unpaired) electrons. The normalized spacial score (nSPS) is 15.3. The molecule has 2 amide bonds. The van der Waals surface area contributed by atoms with Gasteiger partial charge in [0.25, 0.3) is 5.91 Å². The number of rotatable bonds is 3. The van der Waals surface area contributed by atoms with Crippen molar-refractivity contribution in [2.75, 3.05) is 26.2 Å². The molecule has 0 aliphatic carbocycles. The molecule has 0 spiro atoms. The van der Waals surface area contributed by atoms with Crippen molar-refractivity contribution in [3.05, 3.63) is 58.3 Å². The van der Waals surface area contributed by atoms with Crippen molar-refractivity contribution in [3.63, 3.8) is 0 Å². The van der Waals surface area contributed by atoms with Gasteiger partial charge in [0.05, 0.1) is 5.41 Å². The summed E-state index contributed by atoms with van der Waals surface area (Å²) in [4.78, 5) is 32.1. The van der Waals surface area contributed by atoms with Crippen molar-refractivity contribution in [2.45, 2.75) is 19.3 Å². The van der Waals surface area contributed by atoms with E-state index in [1.54, 1.807) is 17.2 Å². The Balaban J connectivity index is 1.64. The van der Waals surface area contributed by atoms with E-state index in [-0.39, 0.29) is 11.8 Å². The van der Waals surface area contributed by atoms with Crippen molar-refractivity contribution in [1.82, 2.24) is 14.8 Å². The lowest BCUT2D eigenvalue weighted by molar-refractivity contribution is -0.137. The van der Waals surface area contributed by atoms with Crippen LogP contribution in [0.5, 0.6) is 0 Å². The summed E-state index contributed by atoms with van der Waals surface area (Å²) in [6.07, 6.45) is 1.75. The summed E-state index contributed by atoms with van der Waals surface area (Å²) < 4.78 is 0.856. The van der Waals surface area contributed by atoms with Gasteiger partial charge in [-0.1, -0.05) is 30.3 Å². The number of amides is 2. The minimum atomic E-state index is -0.572. The zero-order valence-corrected chi connectivity index (χ0v) is 16.0. The fraction of sp³-hybridized carbons (Fsp3) is 0.368. The van der Waals surface area contributed by atoms with E-state index in [0.717, 1.165) is 10.0 Å². The van der Waals surface area contributed by atoms with E-state index in [2.05, 4.69) is 20.9 Å². The summed E-state index contributed by atoms with van der Waals surface area (Å²) in [5.41, 5.74) is 1.00. The molecule has 25 heavy (non-hydrogen) atoms. The number of nitrogens with one attached hydrogen (secondary N) is 1. The van der Waals surface area contributed by atoms with E-state index in [4.69, 9.17) is 0 Å². The topological polar surface area (TPSA) is 56.4 Å². The number of nitrogens with zero attached hydrogens (tertiary/aromatic N) is 2. The molecule has 5 nitrogen and oxygen atoms in total. The predicted molar refractivity (Wildman–Crippen MR) is 100 cm³/mol. The number of aromatic amines is 1. The maximum Gasteiger partial charge on any atom is 0.270 e. The number of benzene rings is 1. The van der Waals surface area contributed by atoms with E-state index in [1.165, 1.54) is 0 Å². The quantitative estimate of drug-likeness (QED) is 0.855. The molecule has 2 aromatic rings. The largest absolute Gasteiger partial charge is 0.356 e. The molecule has 3 rings (SSSR count). The van der Waals surface area contributed by atoms with Crippen LogP contribution >= 0.6 is 15.9 Å². The van der Waals surface area contributed by atoms with Crippen LogP contribution in [-0.2, 0) is 10.2 Å². The first-order valence-corrected chi connectivity index (χ1v) is 9.17. The molecule has 2 heterocycles. The number of piperazine rings is 1. The fourth-order valence-corrected chi connectivity index (χ4v) is 3.49. The number of halogens is 1. The van der Waals surface area contributed by atoms with E-state index in [9.17, 15) is 9.59 Å². The van der Waals surface area contributed by atoms with Gasteiger partial charge >= 0.3 is 0 Å². The highest BCUT2D eigenvalue weighted by molar-refractivity contribution is 9.10. The fourth-order valence-electron chi connectivity index (χ4n) is 3.15. The van der Waals surface area contributed by atoms with Gasteiger partial charge in [-0.2, -0.15) is 0 Å². The maximum absolute atomic E-state index is 13.0. The summed E-state index contributed by atoms with van der Waals surface area (Å²) in [5, 5.41) is 0. The number of hydrogen-bond donors (Lipinski definition) is 1. The highest BCUT2D eigenvalue weighted by Crippen LogP contribution is 2.26. The average Bonchev–Trinajstić information content (AvgIpc) is 3.07. The Morgan fingerprint density at radius 3 is 2.20 bits per heavy atom. The number of aromatic nitrogens is 1. The van der Waals surface area contributed by atoms with Crippen LogP contribution in [0.4, 0.5) is 0 Å². The third-order valence-electron chi connectivity index (χ3n) is 4.76. The molecular formula is C19H22BrN3O2. The van der Waals surface area contributed by atoms with E-state index < -0.39 is 5.41 Å². The Kier molecular flexibility index (Phi) is 4.99. The number of hydrogen-bond acceptors (Lipinski definition) is 2. The second kappa shape index (κ2) is 7.04. The third-order valence-corrected chi connectivity index (χ3v) is 5.22. The average molecular weight is 404 g/mol. The van der Waals surface area contributed by atoms with Crippen LogP contribution in [0.15, 0.2) is 47.1 Å². The standard InChI is InChI=1S/C19H22BrN3O2/c1-19(2,14-6-4-3-5-7-14)18(25)23-10-8-22(9-11-23)17(24)16-12-15(20)13-21-16/h3-7,12-13,21H,8-11H2,1-2H3. The summed E-state index contributed by atoms with van der Waals surface area (Å²) in [6, 6.07) is 11.6. The predicted octanol–water partition coefficient (Wildman–Crippen LogP) is 3.04. The Morgan fingerprint density at radius 2 is 1.64 bits per heavy atom. The van der Waals surface area contributed by atoms with Crippen LogP contribution in [0, 0.1) is 0 Å². The van der Waals surface area contributed by atoms with Gasteiger partial charge in [0.1, 0.15) is 5.69 Å². The molecule has 1 aromatic carbocycles. The van der Waals surface area contributed by atoms with Crippen LogP contribution in [-0.4, -0.2) is 52.8 Å². The molecule has 0 atom stereocenters. The van der Waals surface area contributed by atoms with E-state index in [1.807, 2.05) is 49.1 Å². The summed E-state index contributed by atoms with van der Waals surface area (Å²) >= 11 is 3.34. The molecule has 0 saturated carbocycles. The van der Waals surface area contributed by atoms with Crippen molar-refractivity contribution in [1.29, 1.82) is 0 Å². The first-order chi connectivity index (χ1) is 11.9. The zero-order valence-electron chi connectivity index (χ0n) is 14.5. The van der Waals surface area contributed by atoms with Gasteiger partial charge in [-0.3, -0.25) is 9.59 Å². The van der Waals surface area contributed by atoms with Crippen LogP contribution < -0.4 is 0 Å². The van der Waals surface area contributed by atoms with Crippen molar-refractivity contribution in [2.24, 2.45) is 0 Å². The van der Waals surface area contributed by atoms with Gasteiger partial charge in [0.15, 0.2) is 0 Å². The molecule has 132 valence electrons. The Hall–Kier alpha value is -2.08. The van der Waals surface area contributed by atoms with Gasteiger partial charge in [-0.25, -0.2) is 0 Å². The smallest absolute Gasteiger partial charge is 0.270 e. The highest BCUT2D eigenvalue weighted by Gasteiger charge is 2.35. The van der Waals surface area contributed by atoms with Gasteiger partial charge in [-0.15, -0.1) is 0 Å². The van der Waals surface area contributed by atoms with Crippen LogP contribution in [0.3, 0.4) is 0 Å². The van der Waals surface area contributed by atoms with Crippen LogP contribution in [0.2, 0.25) is 0 Å². The van der Waals surface area contributed by atoms with Gasteiger partial charge in [0, 0.05) is 36.8 Å². The molecule has 1 saturated heterocycles. The number of carbonyl (C=O) groups is 2. The molecule has 0 unspecified atom stereocenters. The minimum absolute atomic E-state index is 0.0277. The monoisotopic (exact) mass is 403 g/mol. The van der Waals surface area contributed by atoms with Crippen molar-refractivity contribution < 1.29 is 9.59 Å². The number of carbonyl (C=O) groups excluding carboxylic acids is 2. The molecule has 1 aliphatic heterocycles. The highest BCUT2D eigenvalue weighted by atomic mass is 79.9. The SMILES string of the molecule is CC(C)(C(=O)N1CCN(C(=O)c2cc(Br)c[nH]2)CC1)c1ccccc1. The molecule has 1 N–H and O–H groups in total. The van der Waals surface area contributed by atoms with Crippen molar-refractivity contribution >= 4 is 27.7 Å². The first kappa shape index (κ1) is 17.7. The molecule has 0 bridgehead atoms. The van der Waals surface area contributed by atoms with Crippen LogP contribution in [0.25, 0.3) is 0 Å². The van der Waals surface area contributed by atoms with Crippen molar-refractivity contribution in [3.8, 4) is 0 Å². The second-order valence-electron chi connectivity index (χ2n) is 6.81. The van der Waals surface area contributed by atoms with Gasteiger partial charge in [-0.05, 0) is 41.4 Å². The lowest BCUT2D eigenvalue weighted by Gasteiger charge is -2.38. The summed E-state index contributed by atoms with van der Waals surface area (Å²) in [7, 11) is 0. The zero-order chi connectivity index (χ0) is 18.0. The molecule has 6 heteroatoms. The summed E-state index contributed by atoms with van der Waals surface area (Å²) in [6.45, 7) is 6.13. The Labute approximate surface area is 156 Å². The molecular weight excluding hydrogens is 382 g/mol. The van der Waals surface area contributed by atoms with Gasteiger partial charge < -0.3 is 14.8 Å². The maximum atomic E-state index is 13.0. The summed E-state index contributed by atoms with van der Waals surface area (Å²) in [5.74, 6) is 0.0773. The minimum Gasteiger partial charge on any atom is -0.356 e. The Bertz CT molecular complexity index is 762.